The molecule has 2 unspecified atom stereocenters. The number of phenolic OH excluding ortho intramolecular Hbond substituents is 1. The normalized spacial score (nSPS) is 19.0. The summed E-state index contributed by atoms with van der Waals surface area (Å²) in [5.41, 5.74) is 2.41. The molecule has 1 aliphatic rings. The molecule has 106 valence electrons. The van der Waals surface area contributed by atoms with Crippen LogP contribution in [0.4, 0.5) is 0 Å². The Kier molecular flexibility index (Phi) is 3.81. The Bertz CT molecular complexity index is 605. The molecule has 1 aromatic heterocycles. The minimum atomic E-state index is 0.383. The molecule has 1 aliphatic carbocycles. The number of hydrogen-bond acceptors (Lipinski definition) is 3. The van der Waals surface area contributed by atoms with Crippen LogP contribution in [0.2, 0.25) is 0 Å². The number of phenols is 1. The summed E-state index contributed by atoms with van der Waals surface area (Å²) in [5, 5.41) is 13.6. The zero-order valence-corrected chi connectivity index (χ0v) is 12.8. The molecule has 3 heteroatoms. The molecular formula is C17H21NOS. The lowest BCUT2D eigenvalue weighted by Gasteiger charge is -2.20. The van der Waals surface area contributed by atoms with Gasteiger partial charge in [-0.25, -0.2) is 0 Å². The molecular weight excluding hydrogens is 266 g/mol. The molecule has 2 N–H and O–H groups in total. The van der Waals surface area contributed by atoms with Crippen molar-refractivity contribution in [2.24, 2.45) is 0 Å². The van der Waals surface area contributed by atoms with E-state index >= 15 is 0 Å². The van der Waals surface area contributed by atoms with Gasteiger partial charge in [-0.2, -0.15) is 0 Å². The average molecular weight is 287 g/mol. The molecule has 0 radical (unpaired) electrons. The van der Waals surface area contributed by atoms with Crippen molar-refractivity contribution in [3.63, 3.8) is 0 Å². The Labute approximate surface area is 124 Å². The Balaban J connectivity index is 1.66. The first-order chi connectivity index (χ1) is 9.63. The Morgan fingerprint density at radius 1 is 1.35 bits per heavy atom. The third-order valence-corrected chi connectivity index (χ3v) is 5.06. The van der Waals surface area contributed by atoms with E-state index in [4.69, 9.17) is 0 Å². The average Bonchev–Trinajstić information content (AvgIpc) is 2.98. The number of fused-ring (bicyclic) bond motifs is 1. The van der Waals surface area contributed by atoms with E-state index in [1.54, 1.807) is 6.07 Å². The number of rotatable bonds is 4. The second-order valence-corrected chi connectivity index (χ2v) is 7.09. The van der Waals surface area contributed by atoms with Crippen LogP contribution in [-0.4, -0.2) is 11.1 Å². The maximum atomic E-state index is 9.90. The molecule has 0 spiro atoms. The van der Waals surface area contributed by atoms with Gasteiger partial charge in [-0.1, -0.05) is 12.1 Å². The fourth-order valence-corrected chi connectivity index (χ4v) is 4.13. The van der Waals surface area contributed by atoms with E-state index in [1.807, 2.05) is 17.4 Å². The van der Waals surface area contributed by atoms with Gasteiger partial charge in [0.15, 0.2) is 0 Å². The molecule has 1 heterocycles. The van der Waals surface area contributed by atoms with Crippen LogP contribution >= 0.6 is 11.3 Å². The molecule has 0 saturated heterocycles. The van der Waals surface area contributed by atoms with Crippen molar-refractivity contribution >= 4 is 11.3 Å². The van der Waals surface area contributed by atoms with E-state index in [0.29, 0.717) is 17.8 Å². The molecule has 3 rings (SSSR count). The van der Waals surface area contributed by atoms with Crippen LogP contribution in [0.5, 0.6) is 5.75 Å². The summed E-state index contributed by atoms with van der Waals surface area (Å²) in [7, 11) is 0. The zero-order chi connectivity index (χ0) is 14.1. The molecule has 2 nitrogen and oxygen atoms in total. The summed E-state index contributed by atoms with van der Waals surface area (Å²) >= 11 is 1.88. The van der Waals surface area contributed by atoms with E-state index in [2.05, 4.69) is 37.4 Å². The Hall–Kier alpha value is -1.32. The molecule has 20 heavy (non-hydrogen) atoms. The summed E-state index contributed by atoms with van der Waals surface area (Å²) in [4.78, 5) is 2.82. The number of aryl methyl sites for hydroxylation is 1. The highest BCUT2D eigenvalue weighted by Gasteiger charge is 2.25. The highest BCUT2D eigenvalue weighted by molar-refractivity contribution is 7.11. The molecule has 0 amide bonds. The van der Waals surface area contributed by atoms with Crippen molar-refractivity contribution in [2.45, 2.75) is 45.2 Å². The topological polar surface area (TPSA) is 32.3 Å². The zero-order valence-electron chi connectivity index (χ0n) is 12.0. The van der Waals surface area contributed by atoms with Crippen LogP contribution in [0.1, 0.15) is 40.3 Å². The molecule has 2 atom stereocenters. The highest BCUT2D eigenvalue weighted by Crippen LogP contribution is 2.36. The molecule has 0 fully saturated rings. The molecule has 0 bridgehead atoms. The number of nitrogens with one attached hydrogen (secondary N) is 1. The van der Waals surface area contributed by atoms with Gasteiger partial charge in [0.2, 0.25) is 0 Å². The van der Waals surface area contributed by atoms with Gasteiger partial charge >= 0.3 is 0 Å². The molecule has 2 aromatic rings. The molecule has 0 saturated carbocycles. The van der Waals surface area contributed by atoms with E-state index in [9.17, 15) is 5.11 Å². The van der Waals surface area contributed by atoms with Gasteiger partial charge in [0.25, 0.3) is 0 Å². The molecule has 1 aromatic carbocycles. The SMILES string of the molecule is Cc1ccc(CC(C)NC2CCc3c(O)cccc32)s1. The Morgan fingerprint density at radius 2 is 2.20 bits per heavy atom. The Morgan fingerprint density at radius 3 is 2.95 bits per heavy atom. The van der Waals surface area contributed by atoms with Gasteiger partial charge in [0.05, 0.1) is 0 Å². The first-order valence-electron chi connectivity index (χ1n) is 7.25. The van der Waals surface area contributed by atoms with E-state index in [0.717, 1.165) is 24.8 Å². The smallest absolute Gasteiger partial charge is 0.119 e. The summed E-state index contributed by atoms with van der Waals surface area (Å²) in [6, 6.07) is 11.1. The number of aromatic hydroxyl groups is 1. The van der Waals surface area contributed by atoms with Crippen LogP contribution in [0, 0.1) is 6.92 Å². The van der Waals surface area contributed by atoms with Gasteiger partial charge in [-0.3, -0.25) is 0 Å². The lowest BCUT2D eigenvalue weighted by Crippen LogP contribution is -2.30. The van der Waals surface area contributed by atoms with Crippen molar-refractivity contribution in [1.29, 1.82) is 0 Å². The standard InChI is InChI=1S/C17H21NOS/c1-11(10-13-7-6-12(2)20-13)18-16-9-8-15-14(16)4-3-5-17(15)19/h3-7,11,16,18-19H,8-10H2,1-2H3. The largest absolute Gasteiger partial charge is 0.508 e. The minimum Gasteiger partial charge on any atom is -0.508 e. The van der Waals surface area contributed by atoms with Crippen molar-refractivity contribution in [2.75, 3.05) is 0 Å². The lowest BCUT2D eigenvalue weighted by molar-refractivity contribution is 0.453. The summed E-state index contributed by atoms with van der Waals surface area (Å²) < 4.78 is 0. The number of benzene rings is 1. The minimum absolute atomic E-state index is 0.383. The quantitative estimate of drug-likeness (QED) is 0.892. The fraction of sp³-hybridized carbons (Fsp3) is 0.412. The second kappa shape index (κ2) is 5.58. The summed E-state index contributed by atoms with van der Waals surface area (Å²) in [5.74, 6) is 0.452. The van der Waals surface area contributed by atoms with Crippen LogP contribution in [0.15, 0.2) is 30.3 Å². The second-order valence-electron chi connectivity index (χ2n) is 5.72. The van der Waals surface area contributed by atoms with E-state index in [1.165, 1.54) is 15.3 Å². The first kappa shape index (κ1) is 13.7. The third kappa shape index (κ3) is 2.74. The van der Waals surface area contributed by atoms with Crippen molar-refractivity contribution in [3.8, 4) is 5.75 Å². The monoisotopic (exact) mass is 287 g/mol. The first-order valence-corrected chi connectivity index (χ1v) is 8.07. The van der Waals surface area contributed by atoms with Crippen molar-refractivity contribution in [1.82, 2.24) is 5.32 Å². The summed E-state index contributed by atoms with van der Waals surface area (Å²) in [6.07, 6.45) is 3.13. The van der Waals surface area contributed by atoms with Crippen LogP contribution in [-0.2, 0) is 12.8 Å². The number of hydrogen-bond donors (Lipinski definition) is 2. The lowest BCUT2D eigenvalue weighted by atomic mass is 10.1. The van der Waals surface area contributed by atoms with E-state index in [-0.39, 0.29) is 0 Å². The van der Waals surface area contributed by atoms with Gasteiger partial charge in [-0.15, -0.1) is 11.3 Å². The predicted octanol–water partition coefficient (Wildman–Crippen LogP) is 3.97. The maximum absolute atomic E-state index is 9.90. The van der Waals surface area contributed by atoms with Crippen molar-refractivity contribution < 1.29 is 5.11 Å². The van der Waals surface area contributed by atoms with Gasteiger partial charge in [0.1, 0.15) is 5.75 Å². The molecule has 0 aliphatic heterocycles. The maximum Gasteiger partial charge on any atom is 0.119 e. The highest BCUT2D eigenvalue weighted by atomic mass is 32.1. The van der Waals surface area contributed by atoms with Gasteiger partial charge in [0, 0.05) is 21.8 Å². The van der Waals surface area contributed by atoms with Crippen LogP contribution < -0.4 is 5.32 Å². The van der Waals surface area contributed by atoms with Crippen LogP contribution in [0.3, 0.4) is 0 Å². The van der Waals surface area contributed by atoms with Crippen molar-refractivity contribution in [3.05, 3.63) is 51.2 Å². The van der Waals surface area contributed by atoms with Gasteiger partial charge < -0.3 is 10.4 Å². The van der Waals surface area contributed by atoms with E-state index < -0.39 is 0 Å². The third-order valence-electron chi connectivity index (χ3n) is 4.04. The van der Waals surface area contributed by atoms with Gasteiger partial charge in [-0.05, 0) is 62.4 Å². The summed E-state index contributed by atoms with van der Waals surface area (Å²) in [6.45, 7) is 4.40. The fourth-order valence-electron chi connectivity index (χ4n) is 3.11. The number of thiophene rings is 1. The predicted molar refractivity (Wildman–Crippen MR) is 84.5 cm³/mol. The van der Waals surface area contributed by atoms with Crippen LogP contribution in [0.25, 0.3) is 0 Å².